The predicted octanol–water partition coefficient (Wildman–Crippen LogP) is 7.39. The standard InChI is InChI=1S/C30H23F3N2O3/c1-17-14-26-24(16-25(17)34-19-10-8-18(9-11-19)30(31,32)33)29(22-7-5-4-6-21(22)28(36)38-29)23-13-12-20(35(2)3)15-27(23)37-26/h4-16,34H,1-3H3. The average molecular weight is 517 g/mol. The van der Waals surface area contributed by atoms with Crippen LogP contribution in [0.2, 0.25) is 0 Å². The van der Waals surface area contributed by atoms with Crippen molar-refractivity contribution in [3.63, 3.8) is 0 Å². The van der Waals surface area contributed by atoms with Gasteiger partial charge in [-0.05, 0) is 67.1 Å². The van der Waals surface area contributed by atoms with Crippen LogP contribution < -0.4 is 15.0 Å². The van der Waals surface area contributed by atoms with E-state index in [1.165, 1.54) is 12.1 Å². The molecule has 0 radical (unpaired) electrons. The maximum Gasteiger partial charge on any atom is 0.416 e. The Morgan fingerprint density at radius 2 is 1.55 bits per heavy atom. The van der Waals surface area contributed by atoms with Crippen molar-refractivity contribution >= 4 is 23.0 Å². The Morgan fingerprint density at radius 3 is 2.26 bits per heavy atom. The zero-order valence-corrected chi connectivity index (χ0v) is 20.8. The van der Waals surface area contributed by atoms with E-state index in [0.29, 0.717) is 45.1 Å². The highest BCUT2D eigenvalue weighted by Gasteiger charge is 2.53. The fourth-order valence-electron chi connectivity index (χ4n) is 5.12. The molecule has 0 saturated carbocycles. The lowest BCUT2D eigenvalue weighted by Crippen LogP contribution is -2.33. The lowest BCUT2D eigenvalue weighted by molar-refractivity contribution is -0.137. The van der Waals surface area contributed by atoms with Crippen LogP contribution in [0.3, 0.4) is 0 Å². The summed E-state index contributed by atoms with van der Waals surface area (Å²) in [5, 5.41) is 3.22. The van der Waals surface area contributed by atoms with Gasteiger partial charge in [0, 0.05) is 53.9 Å². The second-order valence-corrected chi connectivity index (χ2v) is 9.66. The molecule has 0 amide bonds. The molecule has 0 aliphatic carbocycles. The maximum atomic E-state index is 13.1. The number of hydrogen-bond donors (Lipinski definition) is 1. The van der Waals surface area contributed by atoms with E-state index in [1.54, 1.807) is 12.1 Å². The van der Waals surface area contributed by atoms with Crippen LogP contribution in [0, 0.1) is 6.92 Å². The second kappa shape index (κ2) is 8.28. The van der Waals surface area contributed by atoms with Crippen molar-refractivity contribution in [2.24, 2.45) is 0 Å². The molecule has 2 aliphatic rings. The molecule has 1 unspecified atom stereocenters. The monoisotopic (exact) mass is 516 g/mol. The number of benzene rings is 4. The zero-order valence-electron chi connectivity index (χ0n) is 20.8. The summed E-state index contributed by atoms with van der Waals surface area (Å²) in [6.45, 7) is 1.88. The van der Waals surface area contributed by atoms with Gasteiger partial charge in [-0.15, -0.1) is 0 Å². The summed E-state index contributed by atoms with van der Waals surface area (Å²) in [4.78, 5) is 15.1. The minimum absolute atomic E-state index is 0.436. The SMILES string of the molecule is Cc1cc2c(cc1Nc1ccc(C(F)(F)F)cc1)C1(OC(=O)c3ccccc31)c1ccc(N(C)C)cc1O2. The van der Waals surface area contributed by atoms with Crippen molar-refractivity contribution in [3.8, 4) is 11.5 Å². The van der Waals surface area contributed by atoms with Gasteiger partial charge in [-0.25, -0.2) is 4.79 Å². The summed E-state index contributed by atoms with van der Waals surface area (Å²) in [6.07, 6.45) is -4.41. The highest BCUT2D eigenvalue weighted by atomic mass is 19.4. The Morgan fingerprint density at radius 1 is 0.842 bits per heavy atom. The molecule has 1 spiro atoms. The third-order valence-corrected chi connectivity index (χ3v) is 7.05. The van der Waals surface area contributed by atoms with Gasteiger partial charge in [0.2, 0.25) is 0 Å². The quantitative estimate of drug-likeness (QED) is 0.288. The first kappa shape index (κ1) is 23.9. The number of rotatable bonds is 3. The van der Waals surface area contributed by atoms with Gasteiger partial charge in [-0.3, -0.25) is 0 Å². The molecule has 0 saturated heterocycles. The number of nitrogens with one attached hydrogen (secondary N) is 1. The Balaban J connectivity index is 1.52. The van der Waals surface area contributed by atoms with Crippen LogP contribution in [-0.2, 0) is 16.5 Å². The topological polar surface area (TPSA) is 50.8 Å². The number of esters is 1. The Hall–Kier alpha value is -4.46. The molecule has 0 fully saturated rings. The molecule has 2 aliphatic heterocycles. The molecule has 0 aromatic heterocycles. The Bertz CT molecular complexity index is 1600. The molecule has 1 N–H and O–H groups in total. The number of alkyl halides is 3. The summed E-state index contributed by atoms with van der Waals surface area (Å²) in [5.74, 6) is 0.679. The number of carbonyl (C=O) groups is 1. The lowest BCUT2D eigenvalue weighted by atomic mass is 9.77. The van der Waals surface area contributed by atoms with Crippen LogP contribution in [0.5, 0.6) is 11.5 Å². The smallest absolute Gasteiger partial charge is 0.416 e. The Kier molecular flexibility index (Phi) is 5.21. The molecule has 4 aromatic carbocycles. The number of carbonyl (C=O) groups excluding carboxylic acids is 1. The molecule has 2 heterocycles. The van der Waals surface area contributed by atoms with Gasteiger partial charge < -0.3 is 19.7 Å². The van der Waals surface area contributed by atoms with Crippen molar-refractivity contribution in [1.82, 2.24) is 0 Å². The minimum Gasteiger partial charge on any atom is -0.456 e. The first-order chi connectivity index (χ1) is 18.1. The van der Waals surface area contributed by atoms with Crippen LogP contribution >= 0.6 is 0 Å². The molecule has 6 rings (SSSR count). The molecule has 0 bridgehead atoms. The summed E-state index contributed by atoms with van der Waals surface area (Å²) < 4.78 is 51.7. The molecular formula is C30H23F3N2O3. The van der Waals surface area contributed by atoms with Gasteiger partial charge >= 0.3 is 12.1 Å². The van der Waals surface area contributed by atoms with E-state index in [9.17, 15) is 18.0 Å². The van der Waals surface area contributed by atoms with E-state index < -0.39 is 23.3 Å². The van der Waals surface area contributed by atoms with Crippen molar-refractivity contribution in [3.05, 3.63) is 112 Å². The fourth-order valence-corrected chi connectivity index (χ4v) is 5.12. The third-order valence-electron chi connectivity index (χ3n) is 7.05. The van der Waals surface area contributed by atoms with Gasteiger partial charge in [-0.2, -0.15) is 13.2 Å². The largest absolute Gasteiger partial charge is 0.456 e. The lowest BCUT2D eigenvalue weighted by Gasteiger charge is -2.37. The van der Waals surface area contributed by atoms with Crippen LogP contribution in [0.4, 0.5) is 30.2 Å². The van der Waals surface area contributed by atoms with Crippen LogP contribution in [0.15, 0.2) is 78.9 Å². The van der Waals surface area contributed by atoms with E-state index in [-0.39, 0.29) is 0 Å². The predicted molar refractivity (Wildman–Crippen MR) is 138 cm³/mol. The number of hydrogen-bond acceptors (Lipinski definition) is 5. The summed E-state index contributed by atoms with van der Waals surface area (Å²) >= 11 is 0. The third kappa shape index (κ3) is 3.59. The van der Waals surface area contributed by atoms with Crippen LogP contribution in [0.1, 0.15) is 38.2 Å². The zero-order chi connectivity index (χ0) is 26.8. The molecule has 5 nitrogen and oxygen atoms in total. The average Bonchev–Trinajstić information content (AvgIpc) is 3.17. The van der Waals surface area contributed by atoms with Gasteiger partial charge in [0.15, 0.2) is 5.60 Å². The van der Waals surface area contributed by atoms with Crippen molar-refractivity contribution in [2.45, 2.75) is 18.7 Å². The molecule has 4 aromatic rings. The van der Waals surface area contributed by atoms with Gasteiger partial charge in [-0.1, -0.05) is 18.2 Å². The van der Waals surface area contributed by atoms with Crippen molar-refractivity contribution in [2.75, 3.05) is 24.3 Å². The van der Waals surface area contributed by atoms with Gasteiger partial charge in [0.1, 0.15) is 11.5 Å². The highest BCUT2D eigenvalue weighted by molar-refractivity contribution is 5.97. The number of aryl methyl sites for hydroxylation is 1. The molecule has 8 heteroatoms. The number of fused-ring (bicyclic) bond motifs is 6. The van der Waals surface area contributed by atoms with Crippen LogP contribution in [-0.4, -0.2) is 20.1 Å². The maximum absolute atomic E-state index is 13.1. The summed E-state index contributed by atoms with van der Waals surface area (Å²) in [6, 6.07) is 21.6. The van der Waals surface area contributed by atoms with E-state index in [1.807, 2.05) is 68.4 Å². The first-order valence-electron chi connectivity index (χ1n) is 12.0. The molecular weight excluding hydrogens is 493 g/mol. The van der Waals surface area contributed by atoms with E-state index >= 15 is 0 Å². The van der Waals surface area contributed by atoms with E-state index in [4.69, 9.17) is 9.47 Å². The minimum atomic E-state index is -4.41. The first-order valence-corrected chi connectivity index (χ1v) is 12.0. The number of anilines is 3. The Labute approximate surface area is 217 Å². The van der Waals surface area contributed by atoms with E-state index in [0.717, 1.165) is 23.4 Å². The molecule has 1 atom stereocenters. The van der Waals surface area contributed by atoms with E-state index in [2.05, 4.69) is 5.32 Å². The number of ether oxygens (including phenoxy) is 2. The number of halogens is 3. The van der Waals surface area contributed by atoms with Gasteiger partial charge in [0.05, 0.1) is 11.1 Å². The fraction of sp³-hybridized carbons (Fsp3) is 0.167. The van der Waals surface area contributed by atoms with Crippen molar-refractivity contribution in [1.29, 1.82) is 0 Å². The van der Waals surface area contributed by atoms with Crippen molar-refractivity contribution < 1.29 is 27.4 Å². The van der Waals surface area contributed by atoms with Crippen LogP contribution in [0.25, 0.3) is 0 Å². The summed E-state index contributed by atoms with van der Waals surface area (Å²) in [7, 11) is 3.87. The molecule has 38 heavy (non-hydrogen) atoms. The summed E-state index contributed by atoms with van der Waals surface area (Å²) in [5.41, 5.74) is 3.41. The number of nitrogens with zero attached hydrogens (tertiary/aromatic N) is 1. The van der Waals surface area contributed by atoms with Gasteiger partial charge in [0.25, 0.3) is 0 Å². The second-order valence-electron chi connectivity index (χ2n) is 9.66. The highest BCUT2D eigenvalue weighted by Crippen LogP contribution is 2.57. The normalized spacial score (nSPS) is 17.3. The molecule has 192 valence electrons.